The van der Waals surface area contributed by atoms with Crippen molar-refractivity contribution in [2.45, 2.75) is 18.8 Å². The smallest absolute Gasteiger partial charge is 0.130 e. The Labute approximate surface area is 94.5 Å². The largest absolute Gasteiger partial charge is 0.381 e. The molecule has 5 nitrogen and oxygen atoms in total. The second kappa shape index (κ2) is 5.42. The van der Waals surface area contributed by atoms with Crippen LogP contribution in [-0.4, -0.2) is 29.7 Å². The molecule has 0 aromatic carbocycles. The Hall–Kier alpha value is -1.67. The summed E-state index contributed by atoms with van der Waals surface area (Å²) in [7, 11) is 0. The summed E-state index contributed by atoms with van der Waals surface area (Å²) in [6.45, 7) is 1.87. The second-order valence-corrected chi connectivity index (χ2v) is 3.73. The van der Waals surface area contributed by atoms with Crippen molar-refractivity contribution in [1.29, 1.82) is 5.26 Å². The third kappa shape index (κ3) is 2.67. The molecule has 0 bridgehead atoms. The van der Waals surface area contributed by atoms with Crippen LogP contribution in [0.2, 0.25) is 0 Å². The van der Waals surface area contributed by atoms with Crippen LogP contribution in [0.1, 0.15) is 24.5 Å². The number of nitriles is 1. The van der Waals surface area contributed by atoms with E-state index in [-0.39, 0.29) is 6.54 Å². The van der Waals surface area contributed by atoms with Crippen LogP contribution >= 0.6 is 0 Å². The van der Waals surface area contributed by atoms with E-state index in [4.69, 9.17) is 10.00 Å². The van der Waals surface area contributed by atoms with Gasteiger partial charge in [0.2, 0.25) is 0 Å². The molecule has 16 heavy (non-hydrogen) atoms. The van der Waals surface area contributed by atoms with Crippen LogP contribution in [0.25, 0.3) is 0 Å². The first-order chi connectivity index (χ1) is 7.90. The van der Waals surface area contributed by atoms with E-state index in [0.717, 1.165) is 37.6 Å². The Morgan fingerprint density at radius 1 is 1.44 bits per heavy atom. The molecule has 0 saturated carbocycles. The van der Waals surface area contributed by atoms with Gasteiger partial charge < -0.3 is 10.1 Å². The Bertz CT molecular complexity index is 382. The SMILES string of the molecule is N#CCNc1cc(C2CCOCC2)ncn1. The number of ether oxygens (including phenoxy) is 1. The molecule has 1 N–H and O–H groups in total. The van der Waals surface area contributed by atoms with E-state index >= 15 is 0 Å². The highest BCUT2D eigenvalue weighted by molar-refractivity contribution is 5.36. The van der Waals surface area contributed by atoms with Gasteiger partial charge in [0.25, 0.3) is 0 Å². The van der Waals surface area contributed by atoms with Crippen molar-refractivity contribution in [3.63, 3.8) is 0 Å². The van der Waals surface area contributed by atoms with Crippen LogP contribution in [0, 0.1) is 11.3 Å². The predicted octanol–water partition coefficient (Wildman–Crippen LogP) is 1.31. The van der Waals surface area contributed by atoms with E-state index in [1.807, 2.05) is 12.1 Å². The Morgan fingerprint density at radius 3 is 3.00 bits per heavy atom. The number of anilines is 1. The van der Waals surface area contributed by atoms with Crippen LogP contribution in [0.5, 0.6) is 0 Å². The average Bonchev–Trinajstić information content (AvgIpc) is 2.38. The van der Waals surface area contributed by atoms with Crippen molar-refractivity contribution >= 4 is 5.82 Å². The third-order valence-electron chi connectivity index (χ3n) is 2.68. The molecular formula is C11H14N4O. The van der Waals surface area contributed by atoms with E-state index < -0.39 is 0 Å². The molecule has 1 aliphatic rings. The van der Waals surface area contributed by atoms with E-state index in [0.29, 0.717) is 5.92 Å². The fraction of sp³-hybridized carbons (Fsp3) is 0.545. The van der Waals surface area contributed by atoms with E-state index in [2.05, 4.69) is 15.3 Å². The van der Waals surface area contributed by atoms with Gasteiger partial charge in [0, 0.05) is 30.9 Å². The monoisotopic (exact) mass is 218 g/mol. The van der Waals surface area contributed by atoms with Crippen LogP contribution in [0.15, 0.2) is 12.4 Å². The minimum atomic E-state index is 0.268. The molecule has 0 spiro atoms. The fourth-order valence-electron chi connectivity index (χ4n) is 1.82. The van der Waals surface area contributed by atoms with Gasteiger partial charge in [-0.15, -0.1) is 0 Å². The maximum Gasteiger partial charge on any atom is 0.130 e. The van der Waals surface area contributed by atoms with Crippen molar-refractivity contribution < 1.29 is 4.74 Å². The van der Waals surface area contributed by atoms with Gasteiger partial charge in [-0.2, -0.15) is 5.26 Å². The highest BCUT2D eigenvalue weighted by Gasteiger charge is 2.17. The molecule has 84 valence electrons. The van der Waals surface area contributed by atoms with Gasteiger partial charge in [-0.25, -0.2) is 9.97 Å². The first-order valence-electron chi connectivity index (χ1n) is 5.40. The summed E-state index contributed by atoms with van der Waals surface area (Å²) in [6.07, 6.45) is 3.56. The quantitative estimate of drug-likeness (QED) is 0.774. The molecule has 1 saturated heterocycles. The van der Waals surface area contributed by atoms with Crippen LogP contribution in [0.4, 0.5) is 5.82 Å². The molecule has 5 heteroatoms. The van der Waals surface area contributed by atoms with Crippen LogP contribution in [0.3, 0.4) is 0 Å². The fourth-order valence-corrected chi connectivity index (χ4v) is 1.82. The van der Waals surface area contributed by atoms with Crippen molar-refractivity contribution in [1.82, 2.24) is 9.97 Å². The maximum atomic E-state index is 8.47. The summed E-state index contributed by atoms with van der Waals surface area (Å²) in [4.78, 5) is 8.35. The van der Waals surface area contributed by atoms with E-state index in [1.54, 1.807) is 6.33 Å². The summed E-state index contributed by atoms with van der Waals surface area (Å²) in [5, 5.41) is 11.4. The summed E-state index contributed by atoms with van der Waals surface area (Å²) in [5.41, 5.74) is 1.04. The maximum absolute atomic E-state index is 8.47. The van der Waals surface area contributed by atoms with Gasteiger partial charge in [0.1, 0.15) is 18.7 Å². The topological polar surface area (TPSA) is 70.8 Å². The van der Waals surface area contributed by atoms with Crippen molar-refractivity contribution in [3.8, 4) is 6.07 Å². The minimum Gasteiger partial charge on any atom is -0.381 e. The van der Waals surface area contributed by atoms with Crippen molar-refractivity contribution in [2.24, 2.45) is 0 Å². The van der Waals surface area contributed by atoms with Gasteiger partial charge in [-0.3, -0.25) is 0 Å². The lowest BCUT2D eigenvalue weighted by Crippen LogP contribution is -2.15. The van der Waals surface area contributed by atoms with Gasteiger partial charge in [0.15, 0.2) is 0 Å². The lowest BCUT2D eigenvalue weighted by molar-refractivity contribution is 0.0845. The number of rotatable bonds is 3. The summed E-state index contributed by atoms with van der Waals surface area (Å²) < 4.78 is 5.31. The number of hydrogen-bond acceptors (Lipinski definition) is 5. The first kappa shape index (κ1) is 10.8. The number of hydrogen-bond donors (Lipinski definition) is 1. The average molecular weight is 218 g/mol. The zero-order chi connectivity index (χ0) is 11.2. The molecule has 1 fully saturated rings. The standard InChI is InChI=1S/C11H14N4O/c12-3-4-13-11-7-10(14-8-15-11)9-1-5-16-6-2-9/h7-9H,1-2,4-6H2,(H,13,14,15). The first-order valence-corrected chi connectivity index (χ1v) is 5.40. The summed E-state index contributed by atoms with van der Waals surface area (Å²) in [6, 6.07) is 3.95. The molecule has 2 rings (SSSR count). The molecule has 0 atom stereocenters. The Kier molecular flexibility index (Phi) is 3.67. The summed E-state index contributed by atoms with van der Waals surface area (Å²) in [5.74, 6) is 1.18. The van der Waals surface area contributed by atoms with E-state index in [1.165, 1.54) is 0 Å². The zero-order valence-electron chi connectivity index (χ0n) is 9.02. The number of aromatic nitrogens is 2. The predicted molar refractivity (Wildman–Crippen MR) is 58.9 cm³/mol. The van der Waals surface area contributed by atoms with Gasteiger partial charge in [-0.1, -0.05) is 0 Å². The Morgan fingerprint density at radius 2 is 2.25 bits per heavy atom. The summed E-state index contributed by atoms with van der Waals surface area (Å²) >= 11 is 0. The van der Waals surface area contributed by atoms with Gasteiger partial charge >= 0.3 is 0 Å². The molecule has 2 heterocycles. The normalized spacial score (nSPS) is 16.7. The molecule has 0 unspecified atom stereocenters. The van der Waals surface area contributed by atoms with Crippen molar-refractivity contribution in [3.05, 3.63) is 18.1 Å². The highest BCUT2D eigenvalue weighted by atomic mass is 16.5. The molecule has 0 aliphatic carbocycles. The molecular weight excluding hydrogens is 204 g/mol. The lowest BCUT2D eigenvalue weighted by atomic mass is 9.96. The number of nitrogens with one attached hydrogen (secondary N) is 1. The van der Waals surface area contributed by atoms with E-state index in [9.17, 15) is 0 Å². The molecule has 0 amide bonds. The Balaban J connectivity index is 2.06. The molecule has 1 aromatic heterocycles. The van der Waals surface area contributed by atoms with Crippen LogP contribution < -0.4 is 5.32 Å². The second-order valence-electron chi connectivity index (χ2n) is 3.73. The van der Waals surface area contributed by atoms with Crippen LogP contribution in [-0.2, 0) is 4.74 Å². The molecule has 0 radical (unpaired) electrons. The highest BCUT2D eigenvalue weighted by Crippen LogP contribution is 2.25. The minimum absolute atomic E-state index is 0.268. The molecule has 1 aromatic rings. The molecule has 1 aliphatic heterocycles. The third-order valence-corrected chi connectivity index (χ3v) is 2.68. The lowest BCUT2D eigenvalue weighted by Gasteiger charge is -2.21. The van der Waals surface area contributed by atoms with Gasteiger partial charge in [0.05, 0.1) is 6.07 Å². The van der Waals surface area contributed by atoms with Crippen molar-refractivity contribution in [2.75, 3.05) is 25.1 Å². The zero-order valence-corrected chi connectivity index (χ0v) is 9.02. The number of nitrogens with zero attached hydrogens (tertiary/aromatic N) is 3. The van der Waals surface area contributed by atoms with Gasteiger partial charge in [-0.05, 0) is 12.8 Å².